The first-order chi connectivity index (χ1) is 16.0. The fourth-order valence-electron chi connectivity index (χ4n) is 3.80. The van der Waals surface area contributed by atoms with Gasteiger partial charge in [-0.25, -0.2) is 8.42 Å². The largest absolute Gasteiger partial charge is 0.352 e. The lowest BCUT2D eigenvalue weighted by molar-refractivity contribution is -0.141. The first-order valence-electron chi connectivity index (χ1n) is 11.7. The molecule has 0 saturated carbocycles. The van der Waals surface area contributed by atoms with E-state index in [0.717, 1.165) is 11.1 Å². The topological polar surface area (TPSA) is 86.8 Å². The van der Waals surface area contributed by atoms with Crippen molar-refractivity contribution in [2.24, 2.45) is 0 Å². The normalized spacial score (nSPS) is 12.3. The van der Waals surface area contributed by atoms with Crippen LogP contribution in [0.1, 0.15) is 51.2 Å². The van der Waals surface area contributed by atoms with E-state index in [1.54, 1.807) is 17.0 Å². The number of carbonyl (C=O) groups excluding carboxylic acids is 2. The van der Waals surface area contributed by atoms with E-state index in [4.69, 9.17) is 0 Å². The summed E-state index contributed by atoms with van der Waals surface area (Å²) in [5.41, 5.74) is 2.54. The van der Waals surface area contributed by atoms with Crippen LogP contribution >= 0.6 is 0 Å². The van der Waals surface area contributed by atoms with Gasteiger partial charge in [0.2, 0.25) is 21.8 Å². The van der Waals surface area contributed by atoms with E-state index >= 15 is 0 Å². The average molecular weight is 488 g/mol. The molecule has 0 fully saturated rings. The second-order valence-corrected chi connectivity index (χ2v) is 10.8. The number of sulfonamides is 1. The van der Waals surface area contributed by atoms with Crippen molar-refractivity contribution in [2.45, 2.75) is 65.6 Å². The van der Waals surface area contributed by atoms with Crippen molar-refractivity contribution < 1.29 is 18.0 Å². The summed E-state index contributed by atoms with van der Waals surface area (Å²) in [6, 6.07) is 16.2. The summed E-state index contributed by atoms with van der Waals surface area (Å²) < 4.78 is 26.1. The van der Waals surface area contributed by atoms with E-state index in [1.807, 2.05) is 70.2 Å². The molecule has 0 bridgehead atoms. The molecule has 7 nitrogen and oxygen atoms in total. The molecule has 0 radical (unpaired) electrons. The zero-order valence-corrected chi connectivity index (χ0v) is 21.6. The third-order valence-electron chi connectivity index (χ3n) is 5.49. The Morgan fingerprint density at radius 1 is 1.00 bits per heavy atom. The number of hydrogen-bond acceptors (Lipinski definition) is 4. The molecule has 1 atom stereocenters. The van der Waals surface area contributed by atoms with Crippen LogP contribution in [-0.2, 0) is 26.2 Å². The zero-order valence-electron chi connectivity index (χ0n) is 20.8. The molecule has 0 saturated heterocycles. The Bertz CT molecular complexity index is 1040. The van der Waals surface area contributed by atoms with E-state index < -0.39 is 16.1 Å². The molecule has 0 aliphatic rings. The smallest absolute Gasteiger partial charge is 0.243 e. The van der Waals surface area contributed by atoms with Gasteiger partial charge in [-0.2, -0.15) is 0 Å². The lowest BCUT2D eigenvalue weighted by Crippen LogP contribution is -2.50. The lowest BCUT2D eigenvalue weighted by Gasteiger charge is -2.31. The molecule has 34 heavy (non-hydrogen) atoms. The van der Waals surface area contributed by atoms with Gasteiger partial charge in [-0.15, -0.1) is 0 Å². The molecule has 1 unspecified atom stereocenters. The molecule has 0 aromatic heterocycles. The monoisotopic (exact) mass is 487 g/mol. The number of aryl methyl sites for hydroxylation is 1. The highest BCUT2D eigenvalue weighted by atomic mass is 32.2. The summed E-state index contributed by atoms with van der Waals surface area (Å²) >= 11 is 0. The Balaban J connectivity index is 2.18. The minimum atomic E-state index is -3.50. The maximum Gasteiger partial charge on any atom is 0.243 e. The van der Waals surface area contributed by atoms with Crippen molar-refractivity contribution in [3.05, 3.63) is 65.7 Å². The van der Waals surface area contributed by atoms with Gasteiger partial charge >= 0.3 is 0 Å². The first-order valence-corrected chi connectivity index (χ1v) is 13.6. The van der Waals surface area contributed by atoms with Gasteiger partial charge in [0, 0.05) is 25.6 Å². The predicted molar refractivity (Wildman–Crippen MR) is 137 cm³/mol. The van der Waals surface area contributed by atoms with Gasteiger partial charge in [0.05, 0.1) is 11.9 Å². The molecule has 186 valence electrons. The van der Waals surface area contributed by atoms with Crippen molar-refractivity contribution in [2.75, 3.05) is 17.1 Å². The van der Waals surface area contributed by atoms with Gasteiger partial charge in [-0.05, 0) is 51.3 Å². The average Bonchev–Trinajstić information content (AvgIpc) is 2.76. The zero-order chi connectivity index (χ0) is 25.3. The summed E-state index contributed by atoms with van der Waals surface area (Å²) in [5.74, 6) is -0.355. The quantitative estimate of drug-likeness (QED) is 0.492. The summed E-state index contributed by atoms with van der Waals surface area (Å²) in [6.45, 7) is 8.10. The fraction of sp³-hybridized carbons (Fsp3) is 0.462. The molecule has 0 aliphatic heterocycles. The lowest BCUT2D eigenvalue weighted by atomic mass is 10.1. The Morgan fingerprint density at radius 3 is 2.15 bits per heavy atom. The molecule has 0 aliphatic carbocycles. The van der Waals surface area contributed by atoms with Crippen molar-refractivity contribution in [1.29, 1.82) is 0 Å². The van der Waals surface area contributed by atoms with Crippen molar-refractivity contribution in [3.63, 3.8) is 0 Å². The van der Waals surface area contributed by atoms with E-state index in [0.29, 0.717) is 25.1 Å². The molecule has 1 N–H and O–H groups in total. The Hall–Kier alpha value is -2.87. The summed E-state index contributed by atoms with van der Waals surface area (Å²) in [5, 5.41) is 2.91. The van der Waals surface area contributed by atoms with Crippen LogP contribution in [0.15, 0.2) is 54.6 Å². The maximum atomic E-state index is 13.3. The first kappa shape index (κ1) is 27.4. The van der Waals surface area contributed by atoms with Gasteiger partial charge in [0.15, 0.2) is 0 Å². The number of nitrogens with one attached hydrogen (secondary N) is 1. The minimum Gasteiger partial charge on any atom is -0.352 e. The SMILES string of the molecule is CCC(C(=O)NC(C)C)N(Cc1ccccc1)C(=O)CCCN(c1ccc(C)cc1)S(C)(=O)=O. The number of rotatable bonds is 12. The standard InChI is InChI=1S/C26H37N3O4S/c1-6-24(26(31)27-20(2)3)28(19-22-11-8-7-9-12-22)25(30)13-10-18-29(34(5,32)33)23-16-14-21(4)15-17-23/h7-9,11-12,14-17,20,24H,6,10,13,18-19H2,1-5H3,(H,27,31). The second kappa shape index (κ2) is 12.6. The maximum absolute atomic E-state index is 13.3. The second-order valence-electron chi connectivity index (χ2n) is 8.87. The highest BCUT2D eigenvalue weighted by molar-refractivity contribution is 7.92. The third kappa shape index (κ3) is 8.17. The van der Waals surface area contributed by atoms with E-state index in [9.17, 15) is 18.0 Å². The summed E-state index contributed by atoms with van der Waals surface area (Å²) in [6.07, 6.45) is 2.12. The van der Waals surface area contributed by atoms with Crippen LogP contribution in [0.2, 0.25) is 0 Å². The van der Waals surface area contributed by atoms with Crippen LogP contribution in [0.5, 0.6) is 0 Å². The van der Waals surface area contributed by atoms with E-state index in [-0.39, 0.29) is 30.8 Å². The molecule has 0 spiro atoms. The van der Waals surface area contributed by atoms with Crippen molar-refractivity contribution in [3.8, 4) is 0 Å². The number of nitrogens with zero attached hydrogens (tertiary/aromatic N) is 2. The summed E-state index contributed by atoms with van der Waals surface area (Å²) in [7, 11) is -3.50. The third-order valence-corrected chi connectivity index (χ3v) is 6.68. The van der Waals surface area contributed by atoms with Gasteiger partial charge in [-0.3, -0.25) is 13.9 Å². The molecular weight excluding hydrogens is 450 g/mol. The number of anilines is 1. The van der Waals surface area contributed by atoms with E-state index in [2.05, 4.69) is 5.32 Å². The molecule has 8 heteroatoms. The van der Waals surface area contributed by atoms with Crippen molar-refractivity contribution >= 4 is 27.5 Å². The van der Waals surface area contributed by atoms with Crippen molar-refractivity contribution in [1.82, 2.24) is 10.2 Å². The Labute approximate surface area is 204 Å². The van der Waals surface area contributed by atoms with Crippen LogP contribution < -0.4 is 9.62 Å². The Kier molecular flexibility index (Phi) is 10.1. The van der Waals surface area contributed by atoms with Gasteiger partial charge in [0.25, 0.3) is 0 Å². The Morgan fingerprint density at radius 2 is 1.62 bits per heavy atom. The number of hydrogen-bond donors (Lipinski definition) is 1. The van der Waals surface area contributed by atoms with Crippen LogP contribution in [-0.4, -0.2) is 50.0 Å². The number of carbonyl (C=O) groups is 2. The number of amides is 2. The van der Waals surface area contributed by atoms with Gasteiger partial charge in [-0.1, -0.05) is 55.0 Å². The van der Waals surface area contributed by atoms with Crippen LogP contribution in [0.25, 0.3) is 0 Å². The van der Waals surface area contributed by atoms with E-state index in [1.165, 1.54) is 10.6 Å². The van der Waals surface area contributed by atoms with Crippen LogP contribution in [0.3, 0.4) is 0 Å². The van der Waals surface area contributed by atoms with Gasteiger partial charge in [0.1, 0.15) is 6.04 Å². The highest BCUT2D eigenvalue weighted by Crippen LogP contribution is 2.20. The fourth-order valence-corrected chi connectivity index (χ4v) is 4.76. The van der Waals surface area contributed by atoms with Gasteiger partial charge < -0.3 is 10.2 Å². The minimum absolute atomic E-state index is 0.0342. The molecule has 2 aromatic rings. The molecular formula is C26H37N3O4S. The summed E-state index contributed by atoms with van der Waals surface area (Å²) in [4.78, 5) is 27.8. The van der Waals surface area contributed by atoms with Crippen LogP contribution in [0, 0.1) is 6.92 Å². The highest BCUT2D eigenvalue weighted by Gasteiger charge is 2.29. The molecule has 2 amide bonds. The predicted octanol–water partition coefficient (Wildman–Crippen LogP) is 3.87. The van der Waals surface area contributed by atoms with Crippen LogP contribution in [0.4, 0.5) is 5.69 Å². The number of benzene rings is 2. The molecule has 0 heterocycles. The molecule has 2 aromatic carbocycles. The molecule has 2 rings (SSSR count).